The van der Waals surface area contributed by atoms with E-state index in [9.17, 15) is 4.79 Å². The van der Waals surface area contributed by atoms with Gasteiger partial charge in [-0.1, -0.05) is 18.2 Å². The van der Waals surface area contributed by atoms with E-state index in [1.54, 1.807) is 19.1 Å². The van der Waals surface area contributed by atoms with Crippen LogP contribution in [-0.2, 0) is 6.54 Å². The molecule has 0 N–H and O–H groups in total. The van der Waals surface area contributed by atoms with Gasteiger partial charge in [-0.15, -0.1) is 11.3 Å². The molecule has 0 aliphatic carbocycles. The molecule has 2 rings (SSSR count). The zero-order valence-corrected chi connectivity index (χ0v) is 13.1. The maximum atomic E-state index is 12.2. The number of amides is 1. The van der Waals surface area contributed by atoms with Crippen molar-refractivity contribution in [3.8, 4) is 5.75 Å². The Morgan fingerprint density at radius 2 is 2.05 bits per heavy atom. The maximum absolute atomic E-state index is 12.2. The van der Waals surface area contributed by atoms with E-state index in [2.05, 4.69) is 15.9 Å². The molecular weight excluding hydrogens is 326 g/mol. The van der Waals surface area contributed by atoms with Crippen molar-refractivity contribution < 1.29 is 9.53 Å². The van der Waals surface area contributed by atoms with Crippen LogP contribution in [0.2, 0.25) is 0 Å². The monoisotopic (exact) mass is 339 g/mol. The van der Waals surface area contributed by atoms with Gasteiger partial charge in [0.2, 0.25) is 0 Å². The van der Waals surface area contributed by atoms with Crippen molar-refractivity contribution in [2.45, 2.75) is 6.54 Å². The summed E-state index contributed by atoms with van der Waals surface area (Å²) < 4.78 is 6.25. The molecule has 0 unspecified atom stereocenters. The third kappa shape index (κ3) is 3.36. The minimum absolute atomic E-state index is 0.0154. The van der Waals surface area contributed by atoms with E-state index >= 15 is 0 Å². The Kier molecular flexibility index (Phi) is 4.61. The molecule has 0 aliphatic rings. The fourth-order valence-electron chi connectivity index (χ4n) is 1.78. The summed E-state index contributed by atoms with van der Waals surface area (Å²) in [5, 5.41) is 0. The SMILES string of the molecule is COc1ccccc1CN(C)C(=O)c1ccc(Br)s1. The van der Waals surface area contributed by atoms with Crippen LogP contribution in [0.5, 0.6) is 5.75 Å². The summed E-state index contributed by atoms with van der Waals surface area (Å²) >= 11 is 4.81. The van der Waals surface area contributed by atoms with Gasteiger partial charge in [0.25, 0.3) is 5.91 Å². The molecule has 0 radical (unpaired) electrons. The lowest BCUT2D eigenvalue weighted by molar-refractivity contribution is 0.0789. The summed E-state index contributed by atoms with van der Waals surface area (Å²) in [7, 11) is 3.43. The van der Waals surface area contributed by atoms with Gasteiger partial charge in [-0.05, 0) is 34.1 Å². The lowest BCUT2D eigenvalue weighted by atomic mass is 10.2. The predicted octanol–water partition coefficient (Wildman–Crippen LogP) is 3.79. The molecule has 0 spiro atoms. The smallest absolute Gasteiger partial charge is 0.264 e. The number of carbonyl (C=O) groups excluding carboxylic acids is 1. The van der Waals surface area contributed by atoms with Crippen LogP contribution < -0.4 is 4.74 Å². The second kappa shape index (κ2) is 6.21. The molecule has 0 saturated heterocycles. The minimum atomic E-state index is 0.0154. The second-order valence-electron chi connectivity index (χ2n) is 4.08. The molecule has 2 aromatic rings. The lowest BCUT2D eigenvalue weighted by Gasteiger charge is -2.18. The van der Waals surface area contributed by atoms with E-state index < -0.39 is 0 Å². The van der Waals surface area contributed by atoms with Crippen molar-refractivity contribution in [2.75, 3.05) is 14.2 Å². The fraction of sp³-hybridized carbons (Fsp3) is 0.214. The number of nitrogens with zero attached hydrogens (tertiary/aromatic N) is 1. The molecule has 0 fully saturated rings. The first-order valence-corrected chi connectivity index (χ1v) is 7.35. The Labute approximate surface area is 124 Å². The highest BCUT2D eigenvalue weighted by atomic mass is 79.9. The van der Waals surface area contributed by atoms with E-state index in [1.165, 1.54) is 11.3 Å². The van der Waals surface area contributed by atoms with Crippen LogP contribution in [0.3, 0.4) is 0 Å². The lowest BCUT2D eigenvalue weighted by Crippen LogP contribution is -2.25. The van der Waals surface area contributed by atoms with Crippen LogP contribution in [-0.4, -0.2) is 25.0 Å². The van der Waals surface area contributed by atoms with E-state index in [0.717, 1.165) is 20.0 Å². The van der Waals surface area contributed by atoms with Crippen LogP contribution in [0, 0.1) is 0 Å². The molecule has 0 bridgehead atoms. The Balaban J connectivity index is 2.12. The normalized spacial score (nSPS) is 10.3. The van der Waals surface area contributed by atoms with E-state index in [0.29, 0.717) is 6.54 Å². The molecule has 0 saturated carbocycles. The van der Waals surface area contributed by atoms with Crippen LogP contribution in [0.1, 0.15) is 15.2 Å². The van der Waals surface area contributed by atoms with Gasteiger partial charge in [0.15, 0.2) is 0 Å². The van der Waals surface area contributed by atoms with Crippen LogP contribution in [0.4, 0.5) is 0 Å². The number of carbonyl (C=O) groups is 1. The number of hydrogen-bond donors (Lipinski definition) is 0. The number of thiophene rings is 1. The molecule has 1 amide bonds. The van der Waals surface area contributed by atoms with Gasteiger partial charge in [0.1, 0.15) is 5.75 Å². The summed E-state index contributed by atoms with van der Waals surface area (Å²) in [5.74, 6) is 0.816. The van der Waals surface area contributed by atoms with Gasteiger partial charge in [0.05, 0.1) is 15.8 Å². The van der Waals surface area contributed by atoms with Gasteiger partial charge in [-0.2, -0.15) is 0 Å². The second-order valence-corrected chi connectivity index (χ2v) is 6.54. The summed E-state index contributed by atoms with van der Waals surface area (Å²) in [5.41, 5.74) is 0.997. The van der Waals surface area contributed by atoms with E-state index in [1.807, 2.05) is 36.4 Å². The predicted molar refractivity (Wildman–Crippen MR) is 80.8 cm³/mol. The van der Waals surface area contributed by atoms with Crippen LogP contribution in [0.25, 0.3) is 0 Å². The number of hydrogen-bond acceptors (Lipinski definition) is 3. The quantitative estimate of drug-likeness (QED) is 0.847. The molecule has 100 valence electrons. The molecule has 1 heterocycles. The summed E-state index contributed by atoms with van der Waals surface area (Å²) in [6.45, 7) is 0.526. The first-order chi connectivity index (χ1) is 9.11. The molecule has 5 heteroatoms. The number of halogens is 1. The largest absolute Gasteiger partial charge is 0.496 e. The van der Waals surface area contributed by atoms with Crippen molar-refractivity contribution in [3.63, 3.8) is 0 Å². The number of rotatable bonds is 4. The molecule has 0 aliphatic heterocycles. The first-order valence-electron chi connectivity index (χ1n) is 5.74. The van der Waals surface area contributed by atoms with Crippen molar-refractivity contribution in [3.05, 3.63) is 50.6 Å². The highest BCUT2D eigenvalue weighted by Gasteiger charge is 2.15. The molecule has 1 aromatic heterocycles. The van der Waals surface area contributed by atoms with Gasteiger partial charge >= 0.3 is 0 Å². The van der Waals surface area contributed by atoms with Gasteiger partial charge < -0.3 is 9.64 Å². The van der Waals surface area contributed by atoms with Crippen LogP contribution in [0.15, 0.2) is 40.2 Å². The fourth-order valence-corrected chi connectivity index (χ4v) is 3.16. The van der Waals surface area contributed by atoms with Crippen LogP contribution >= 0.6 is 27.3 Å². The van der Waals surface area contributed by atoms with Gasteiger partial charge in [0, 0.05) is 19.2 Å². The number of ether oxygens (including phenoxy) is 1. The van der Waals surface area contributed by atoms with Crippen molar-refractivity contribution >= 4 is 33.2 Å². The Bertz CT molecular complexity index is 582. The van der Waals surface area contributed by atoms with Crippen molar-refractivity contribution in [1.82, 2.24) is 4.90 Å². The van der Waals surface area contributed by atoms with E-state index in [-0.39, 0.29) is 5.91 Å². The highest BCUT2D eigenvalue weighted by molar-refractivity contribution is 9.11. The van der Waals surface area contributed by atoms with Gasteiger partial charge in [-0.3, -0.25) is 4.79 Å². The average molecular weight is 340 g/mol. The number of benzene rings is 1. The summed E-state index contributed by atoms with van der Waals surface area (Å²) in [6, 6.07) is 11.4. The molecule has 1 aromatic carbocycles. The molecule has 19 heavy (non-hydrogen) atoms. The number of para-hydroxylation sites is 1. The summed E-state index contributed by atoms with van der Waals surface area (Å²) in [6.07, 6.45) is 0. The standard InChI is InChI=1S/C14H14BrNO2S/c1-16(14(17)12-7-8-13(15)19-12)9-10-5-3-4-6-11(10)18-2/h3-8H,9H2,1-2H3. The molecule has 3 nitrogen and oxygen atoms in total. The van der Waals surface area contributed by atoms with Crippen molar-refractivity contribution in [1.29, 1.82) is 0 Å². The van der Waals surface area contributed by atoms with E-state index in [4.69, 9.17) is 4.74 Å². The third-order valence-corrected chi connectivity index (χ3v) is 4.34. The third-order valence-electron chi connectivity index (χ3n) is 2.73. The summed E-state index contributed by atoms with van der Waals surface area (Å²) in [4.78, 5) is 14.7. The molecular formula is C14H14BrNO2S. The first kappa shape index (κ1) is 14.1. The zero-order valence-electron chi connectivity index (χ0n) is 10.7. The Hall–Kier alpha value is -1.33. The van der Waals surface area contributed by atoms with Crippen molar-refractivity contribution in [2.24, 2.45) is 0 Å². The average Bonchev–Trinajstić information content (AvgIpc) is 2.85. The maximum Gasteiger partial charge on any atom is 0.264 e. The zero-order chi connectivity index (χ0) is 13.8. The minimum Gasteiger partial charge on any atom is -0.496 e. The Morgan fingerprint density at radius 3 is 2.68 bits per heavy atom. The van der Waals surface area contributed by atoms with Gasteiger partial charge in [-0.25, -0.2) is 0 Å². The number of methoxy groups -OCH3 is 1. The topological polar surface area (TPSA) is 29.5 Å². The Morgan fingerprint density at radius 1 is 1.32 bits per heavy atom. The highest BCUT2D eigenvalue weighted by Crippen LogP contribution is 2.24. The molecule has 0 atom stereocenters.